The minimum absolute atomic E-state index is 0.00490. The Morgan fingerprint density at radius 1 is 0.246 bits per heavy atom. The van der Waals surface area contributed by atoms with Gasteiger partial charge in [0.2, 0.25) is 0 Å². The van der Waals surface area contributed by atoms with Crippen LogP contribution in [0.5, 0.6) is 0 Å². The standard InChI is InChI=1S/C57H46/c1-35-31-40-21-11-6-15-25-44(40)50(35)56(51-36(2)32-41-22-12-7-16-26-45(41)51)54-39(5)55(49-30-20-10-19-29-48(49)54)57(52-37(3)33-42-23-13-8-17-27-46(42)52)53-38(4)34-43-24-14-9-18-28-47(43)53/h6-34,56-57H,1-5H3. The predicted molar refractivity (Wildman–Crippen MR) is 241 cm³/mol. The Morgan fingerprint density at radius 2 is 0.474 bits per heavy atom. The second-order valence-electron chi connectivity index (χ2n) is 16.1. The van der Waals surface area contributed by atoms with Crippen molar-refractivity contribution >= 4 is 0 Å². The minimum atomic E-state index is -0.00490. The van der Waals surface area contributed by atoms with Crippen LogP contribution in [0.15, 0.2) is 176 Å². The van der Waals surface area contributed by atoms with Crippen LogP contribution in [0.25, 0.3) is 55.6 Å². The fraction of sp³-hybridized carbons (Fsp3) is 0.123. The molecule has 0 heterocycles. The summed E-state index contributed by atoms with van der Waals surface area (Å²) in [6.07, 6.45) is 0. The molecule has 0 fully saturated rings. The molecule has 0 aromatic heterocycles. The van der Waals surface area contributed by atoms with Gasteiger partial charge < -0.3 is 0 Å². The van der Waals surface area contributed by atoms with Crippen molar-refractivity contribution in [3.8, 4) is 55.6 Å². The molecule has 0 radical (unpaired) electrons. The van der Waals surface area contributed by atoms with Crippen molar-refractivity contribution in [1.29, 1.82) is 0 Å². The smallest absolute Gasteiger partial charge is 0.0366 e. The third-order valence-electron chi connectivity index (χ3n) is 12.8. The second kappa shape index (κ2) is 13.9. The van der Waals surface area contributed by atoms with E-state index in [1.54, 1.807) is 0 Å². The first kappa shape index (κ1) is 35.0. The summed E-state index contributed by atoms with van der Waals surface area (Å²) in [7, 11) is 0. The van der Waals surface area contributed by atoms with Crippen molar-refractivity contribution in [3.63, 3.8) is 0 Å². The van der Waals surface area contributed by atoms with Gasteiger partial charge in [0.05, 0.1) is 0 Å². The van der Waals surface area contributed by atoms with Gasteiger partial charge in [-0.2, -0.15) is 0 Å². The molecule has 0 aliphatic heterocycles. The van der Waals surface area contributed by atoms with Gasteiger partial charge in [-0.3, -0.25) is 0 Å². The lowest BCUT2D eigenvalue weighted by Gasteiger charge is -2.25. The molecule has 0 aromatic rings. The van der Waals surface area contributed by atoms with E-state index in [1.165, 1.54) is 117 Å². The van der Waals surface area contributed by atoms with Crippen LogP contribution in [-0.4, -0.2) is 0 Å². The number of hydrogen-bond donors (Lipinski definition) is 0. The van der Waals surface area contributed by atoms with Crippen LogP contribution in [0.4, 0.5) is 0 Å². The van der Waals surface area contributed by atoms with Crippen molar-refractivity contribution in [3.05, 3.63) is 237 Å². The van der Waals surface area contributed by atoms with Crippen molar-refractivity contribution in [1.82, 2.24) is 0 Å². The van der Waals surface area contributed by atoms with Gasteiger partial charge in [-0.05, 0) is 151 Å². The molecular weight excluding hydrogens is 685 g/mol. The van der Waals surface area contributed by atoms with Gasteiger partial charge >= 0.3 is 0 Å². The summed E-state index contributed by atoms with van der Waals surface area (Å²) in [5.74, 6) is -0.00980. The summed E-state index contributed by atoms with van der Waals surface area (Å²) in [5.41, 5.74) is 28.2. The molecule has 274 valence electrons. The number of aryl methyl sites for hydroxylation is 4. The van der Waals surface area contributed by atoms with Crippen molar-refractivity contribution in [2.45, 2.75) is 46.5 Å². The van der Waals surface area contributed by atoms with E-state index in [-0.39, 0.29) is 11.8 Å². The molecule has 10 rings (SSSR count). The molecule has 0 nitrogen and oxygen atoms in total. The highest BCUT2D eigenvalue weighted by molar-refractivity contribution is 5.90. The van der Waals surface area contributed by atoms with Crippen LogP contribution < -0.4 is 0 Å². The minimum Gasteiger partial charge on any atom is -0.0622 e. The molecule has 0 saturated heterocycles. The topological polar surface area (TPSA) is 0 Å². The van der Waals surface area contributed by atoms with E-state index in [1.807, 2.05) is 0 Å². The average Bonchev–Trinajstić information content (AvgIpc) is 3.59. The zero-order chi connectivity index (χ0) is 38.8. The largest absolute Gasteiger partial charge is 0.0622 e. The molecule has 0 N–H and O–H groups in total. The first-order valence-corrected chi connectivity index (χ1v) is 20.3. The number of hydrogen-bond acceptors (Lipinski definition) is 0. The zero-order valence-corrected chi connectivity index (χ0v) is 33.4. The van der Waals surface area contributed by atoms with Crippen LogP contribution >= 0.6 is 0 Å². The molecular formula is C57H46. The van der Waals surface area contributed by atoms with Crippen molar-refractivity contribution < 1.29 is 0 Å². The van der Waals surface area contributed by atoms with Crippen LogP contribution in [-0.2, 0) is 0 Å². The fourth-order valence-electron chi connectivity index (χ4n) is 10.5. The Labute approximate surface area is 337 Å². The monoisotopic (exact) mass is 730 g/mol. The van der Waals surface area contributed by atoms with E-state index in [4.69, 9.17) is 0 Å². The summed E-state index contributed by atoms with van der Waals surface area (Å²) >= 11 is 0. The predicted octanol–water partition coefficient (Wildman–Crippen LogP) is 15.1. The molecule has 10 aliphatic rings. The van der Waals surface area contributed by atoms with E-state index < -0.39 is 0 Å². The van der Waals surface area contributed by atoms with Gasteiger partial charge in [0.15, 0.2) is 0 Å². The third-order valence-corrected chi connectivity index (χ3v) is 12.8. The van der Waals surface area contributed by atoms with E-state index in [0.29, 0.717) is 0 Å². The fourth-order valence-corrected chi connectivity index (χ4v) is 10.5. The van der Waals surface area contributed by atoms with E-state index in [9.17, 15) is 0 Å². The van der Waals surface area contributed by atoms with Crippen molar-refractivity contribution in [2.24, 2.45) is 0 Å². The summed E-state index contributed by atoms with van der Waals surface area (Å²) < 4.78 is 0. The molecule has 0 spiro atoms. The first-order chi connectivity index (χ1) is 27.9. The first-order valence-electron chi connectivity index (χ1n) is 20.3. The molecule has 0 aromatic carbocycles. The number of fused-ring (bicyclic) bond motifs is 5. The lowest BCUT2D eigenvalue weighted by molar-refractivity contribution is 0.939. The van der Waals surface area contributed by atoms with Crippen LogP contribution in [0.3, 0.4) is 0 Å². The van der Waals surface area contributed by atoms with Gasteiger partial charge in [0.1, 0.15) is 0 Å². The maximum absolute atomic E-state index is 2.44. The molecule has 0 bridgehead atoms. The lowest BCUT2D eigenvalue weighted by atomic mass is 9.77. The van der Waals surface area contributed by atoms with Gasteiger partial charge in [-0.15, -0.1) is 0 Å². The van der Waals surface area contributed by atoms with Gasteiger partial charge in [-0.25, -0.2) is 0 Å². The molecule has 0 unspecified atom stereocenters. The number of rotatable bonds is 6. The third kappa shape index (κ3) is 5.58. The van der Waals surface area contributed by atoms with Crippen molar-refractivity contribution in [2.75, 3.05) is 0 Å². The summed E-state index contributed by atoms with van der Waals surface area (Å²) in [6.45, 7) is 11.7. The van der Waals surface area contributed by atoms with E-state index in [0.717, 1.165) is 0 Å². The molecule has 10 aliphatic carbocycles. The molecule has 0 saturated carbocycles. The van der Waals surface area contributed by atoms with E-state index in [2.05, 4.69) is 211 Å². The van der Waals surface area contributed by atoms with Gasteiger partial charge in [0.25, 0.3) is 0 Å². The molecule has 0 atom stereocenters. The highest BCUT2D eigenvalue weighted by Gasteiger charge is 2.39. The lowest BCUT2D eigenvalue weighted by Crippen LogP contribution is -2.10. The summed E-state index contributed by atoms with van der Waals surface area (Å²) in [4.78, 5) is 0. The van der Waals surface area contributed by atoms with Crippen LogP contribution in [0, 0.1) is 34.6 Å². The van der Waals surface area contributed by atoms with E-state index >= 15 is 0 Å². The normalized spacial score (nSPS) is 11.9. The highest BCUT2D eigenvalue weighted by Crippen LogP contribution is 2.57. The molecule has 0 heteroatoms. The quantitative estimate of drug-likeness (QED) is 0.160. The van der Waals surface area contributed by atoms with Crippen LogP contribution in [0.1, 0.15) is 73.0 Å². The van der Waals surface area contributed by atoms with Gasteiger partial charge in [-0.1, -0.05) is 176 Å². The zero-order valence-electron chi connectivity index (χ0n) is 33.4. The second-order valence-corrected chi connectivity index (χ2v) is 16.1. The summed E-state index contributed by atoms with van der Waals surface area (Å²) in [6, 6.07) is 65.8. The Kier molecular flexibility index (Phi) is 8.53. The highest BCUT2D eigenvalue weighted by atomic mass is 14.4. The Bertz CT molecular complexity index is 2570. The Balaban J connectivity index is 1.36. The maximum atomic E-state index is 2.44. The average molecular weight is 731 g/mol. The van der Waals surface area contributed by atoms with Gasteiger partial charge in [0, 0.05) is 11.8 Å². The Morgan fingerprint density at radius 3 is 0.737 bits per heavy atom. The molecule has 0 amide bonds. The van der Waals surface area contributed by atoms with Crippen LogP contribution in [0.2, 0.25) is 0 Å². The molecule has 57 heavy (non-hydrogen) atoms. The maximum Gasteiger partial charge on any atom is 0.0366 e. The Hall–Kier alpha value is -6.50. The SMILES string of the molecule is Cc1cc2cccccc-2c1C(c1c(C)cc2cccccc1-2)c1c2cccccc-2c(C(c2c(C)cc3cccccc2-3)c2c(C)cc3cccccc2-3)c1C. The summed E-state index contributed by atoms with van der Waals surface area (Å²) in [5, 5.41) is 0.